The van der Waals surface area contributed by atoms with Crippen molar-refractivity contribution < 1.29 is 4.42 Å². The zero-order chi connectivity index (χ0) is 30.4. The molecule has 7 aromatic carbocycles. The van der Waals surface area contributed by atoms with Gasteiger partial charge in [-0.05, 0) is 99.1 Å². The van der Waals surface area contributed by atoms with Gasteiger partial charge in [-0.1, -0.05) is 115 Å². The van der Waals surface area contributed by atoms with Gasteiger partial charge in [0.1, 0.15) is 11.2 Å². The monoisotopic (exact) mass is 607 g/mol. The molecule has 0 fully saturated rings. The summed E-state index contributed by atoms with van der Waals surface area (Å²) in [6.07, 6.45) is 0. The highest BCUT2D eigenvalue weighted by Gasteiger charge is 2.52. The number of hydrogen-bond acceptors (Lipinski definition) is 2. The number of halogens is 1. The van der Waals surface area contributed by atoms with Gasteiger partial charge in [0.05, 0.1) is 16.8 Å². The Morgan fingerprint density at radius 2 is 1.07 bits per heavy atom. The van der Waals surface area contributed by atoms with Crippen LogP contribution in [0.1, 0.15) is 22.3 Å². The van der Waals surface area contributed by atoms with Crippen molar-refractivity contribution in [2.24, 2.45) is 0 Å². The molecule has 0 saturated carbocycles. The summed E-state index contributed by atoms with van der Waals surface area (Å²) in [5, 5.41) is 2.81. The van der Waals surface area contributed by atoms with E-state index in [-0.39, 0.29) is 0 Å². The number of anilines is 3. The molecular weight excluding hydrogens is 582 g/mol. The van der Waals surface area contributed by atoms with Crippen LogP contribution in [0.2, 0.25) is 5.02 Å². The molecule has 1 spiro atoms. The van der Waals surface area contributed by atoms with E-state index in [9.17, 15) is 0 Å². The fourth-order valence-corrected chi connectivity index (χ4v) is 8.34. The zero-order valence-electron chi connectivity index (χ0n) is 24.7. The van der Waals surface area contributed by atoms with Crippen molar-refractivity contribution in [2.45, 2.75) is 5.41 Å². The summed E-state index contributed by atoms with van der Waals surface area (Å²) in [4.78, 5) is 2.42. The summed E-state index contributed by atoms with van der Waals surface area (Å²) in [7, 11) is 0. The molecule has 1 aliphatic heterocycles. The minimum absolute atomic E-state index is 0.486. The molecular formula is C43H26ClNO. The quantitative estimate of drug-likeness (QED) is 0.194. The molecule has 2 aliphatic rings. The van der Waals surface area contributed by atoms with E-state index in [1.807, 2.05) is 18.2 Å². The lowest BCUT2D eigenvalue weighted by Gasteiger charge is -2.45. The van der Waals surface area contributed by atoms with Gasteiger partial charge in [0.25, 0.3) is 0 Å². The van der Waals surface area contributed by atoms with Crippen molar-refractivity contribution in [3.05, 3.63) is 185 Å². The first-order valence-electron chi connectivity index (χ1n) is 15.6. The van der Waals surface area contributed by atoms with Gasteiger partial charge < -0.3 is 9.32 Å². The second kappa shape index (κ2) is 9.47. The van der Waals surface area contributed by atoms with E-state index in [1.54, 1.807) is 0 Å². The van der Waals surface area contributed by atoms with Gasteiger partial charge in [-0.15, -0.1) is 0 Å². The molecule has 0 amide bonds. The first-order chi connectivity index (χ1) is 22.7. The standard InChI is InChI=1S/C43H26ClNO/c44-28-22-24-41-33(26-28)32-25-27(21-23-40(32)46-41)30-14-10-18-37-42(30)31-13-4-5-15-34(31)43(37)35-16-6-8-19-38(35)45(29-11-2-1-3-12-29)39-20-9-7-17-36(39)43/h1-26H. The van der Waals surface area contributed by atoms with Crippen LogP contribution in [0.25, 0.3) is 44.2 Å². The number of nitrogens with zero attached hydrogens (tertiary/aromatic N) is 1. The van der Waals surface area contributed by atoms with Crippen LogP contribution in [-0.2, 0) is 5.41 Å². The molecule has 1 aromatic heterocycles. The molecule has 3 heteroatoms. The van der Waals surface area contributed by atoms with E-state index in [2.05, 4.69) is 144 Å². The maximum atomic E-state index is 6.44. The van der Waals surface area contributed by atoms with E-state index in [1.165, 1.54) is 50.3 Å². The Hall–Kier alpha value is -5.57. The Morgan fingerprint density at radius 1 is 0.478 bits per heavy atom. The van der Waals surface area contributed by atoms with E-state index >= 15 is 0 Å². The van der Waals surface area contributed by atoms with E-state index in [0.29, 0.717) is 5.02 Å². The van der Waals surface area contributed by atoms with E-state index in [0.717, 1.165) is 33.2 Å². The molecule has 0 radical (unpaired) electrons. The third-order valence-electron chi connectivity index (χ3n) is 9.92. The Morgan fingerprint density at radius 3 is 1.83 bits per heavy atom. The lowest BCUT2D eigenvalue weighted by Crippen LogP contribution is -2.36. The van der Waals surface area contributed by atoms with Gasteiger partial charge in [-0.25, -0.2) is 0 Å². The molecule has 46 heavy (non-hydrogen) atoms. The van der Waals surface area contributed by atoms with Gasteiger partial charge in [0, 0.05) is 21.5 Å². The second-order valence-corrected chi connectivity index (χ2v) is 12.6. The Bertz CT molecular complexity index is 2460. The molecule has 0 saturated heterocycles. The van der Waals surface area contributed by atoms with Gasteiger partial charge in [0.2, 0.25) is 0 Å². The maximum Gasteiger partial charge on any atom is 0.135 e. The Labute approximate surface area is 271 Å². The highest BCUT2D eigenvalue weighted by molar-refractivity contribution is 6.31. The van der Waals surface area contributed by atoms with Crippen molar-refractivity contribution >= 4 is 50.6 Å². The molecule has 10 rings (SSSR count). The van der Waals surface area contributed by atoms with E-state index < -0.39 is 5.41 Å². The predicted octanol–water partition coefficient (Wildman–Crippen LogP) is 12.1. The van der Waals surface area contributed by atoms with Crippen LogP contribution in [0.3, 0.4) is 0 Å². The number of hydrogen-bond donors (Lipinski definition) is 0. The fraction of sp³-hybridized carbons (Fsp3) is 0.0233. The molecule has 0 unspecified atom stereocenters. The fourth-order valence-electron chi connectivity index (χ4n) is 8.17. The molecule has 0 bridgehead atoms. The largest absolute Gasteiger partial charge is 0.456 e. The van der Waals surface area contributed by atoms with Crippen molar-refractivity contribution in [3.63, 3.8) is 0 Å². The van der Waals surface area contributed by atoms with Crippen LogP contribution >= 0.6 is 11.6 Å². The van der Waals surface area contributed by atoms with Crippen LogP contribution < -0.4 is 4.90 Å². The zero-order valence-corrected chi connectivity index (χ0v) is 25.5. The molecule has 2 heterocycles. The number of furan rings is 1. The normalized spacial score (nSPS) is 13.9. The number of rotatable bonds is 2. The van der Waals surface area contributed by atoms with Crippen molar-refractivity contribution in [1.29, 1.82) is 0 Å². The first-order valence-corrected chi connectivity index (χ1v) is 16.0. The molecule has 216 valence electrons. The number of para-hydroxylation sites is 3. The molecule has 2 nitrogen and oxygen atoms in total. The van der Waals surface area contributed by atoms with E-state index in [4.69, 9.17) is 16.0 Å². The summed E-state index contributed by atoms with van der Waals surface area (Å²) < 4.78 is 6.20. The van der Waals surface area contributed by atoms with Crippen LogP contribution in [-0.4, -0.2) is 0 Å². The predicted molar refractivity (Wildman–Crippen MR) is 190 cm³/mol. The van der Waals surface area contributed by atoms with Gasteiger partial charge in [-0.3, -0.25) is 0 Å². The summed E-state index contributed by atoms with van der Waals surface area (Å²) in [5.74, 6) is 0. The Balaban J connectivity index is 1.30. The lowest BCUT2D eigenvalue weighted by atomic mass is 9.64. The van der Waals surface area contributed by atoms with Crippen molar-refractivity contribution in [3.8, 4) is 22.3 Å². The molecule has 0 atom stereocenters. The molecule has 0 N–H and O–H groups in total. The lowest BCUT2D eigenvalue weighted by molar-refractivity contribution is 0.669. The van der Waals surface area contributed by atoms with Crippen molar-refractivity contribution in [2.75, 3.05) is 4.90 Å². The Kier molecular flexibility index (Phi) is 5.29. The van der Waals surface area contributed by atoms with Crippen molar-refractivity contribution in [1.82, 2.24) is 0 Å². The highest BCUT2D eigenvalue weighted by Crippen LogP contribution is 2.64. The minimum atomic E-state index is -0.486. The smallest absolute Gasteiger partial charge is 0.135 e. The summed E-state index contributed by atoms with van der Waals surface area (Å²) in [5.41, 5.74) is 14.9. The summed E-state index contributed by atoms with van der Waals surface area (Å²) in [6, 6.07) is 56.8. The van der Waals surface area contributed by atoms with Crippen LogP contribution in [0, 0.1) is 0 Å². The third-order valence-corrected chi connectivity index (χ3v) is 10.2. The highest BCUT2D eigenvalue weighted by atomic mass is 35.5. The minimum Gasteiger partial charge on any atom is -0.456 e. The van der Waals surface area contributed by atoms with Gasteiger partial charge in [0.15, 0.2) is 0 Å². The maximum absolute atomic E-state index is 6.44. The third kappa shape index (κ3) is 3.32. The average Bonchev–Trinajstić information content (AvgIpc) is 3.62. The second-order valence-electron chi connectivity index (χ2n) is 12.2. The summed E-state index contributed by atoms with van der Waals surface area (Å²) >= 11 is 6.44. The SMILES string of the molecule is Clc1ccc2oc3ccc(-c4cccc5c4-c4ccccc4C54c5ccccc5N(c5ccccc5)c5ccccc54)cc3c2c1. The van der Waals surface area contributed by atoms with Crippen LogP contribution in [0.4, 0.5) is 17.1 Å². The van der Waals surface area contributed by atoms with Crippen LogP contribution in [0.15, 0.2) is 162 Å². The first kappa shape index (κ1) is 25.7. The number of fused-ring (bicyclic) bond motifs is 12. The van der Waals surface area contributed by atoms with Gasteiger partial charge >= 0.3 is 0 Å². The molecule has 1 aliphatic carbocycles. The topological polar surface area (TPSA) is 16.4 Å². The average molecular weight is 608 g/mol. The van der Waals surface area contributed by atoms with Gasteiger partial charge in [-0.2, -0.15) is 0 Å². The number of benzene rings is 7. The summed E-state index contributed by atoms with van der Waals surface area (Å²) in [6.45, 7) is 0. The van der Waals surface area contributed by atoms with Crippen LogP contribution in [0.5, 0.6) is 0 Å². The molecule has 8 aromatic rings.